The maximum absolute atomic E-state index is 8.52. The molecule has 74 valence electrons. The van der Waals surface area contributed by atoms with Crippen molar-refractivity contribution in [3.05, 3.63) is 0 Å². The van der Waals surface area contributed by atoms with Gasteiger partial charge < -0.3 is 9.84 Å². The Balaban J connectivity index is 2.73. The van der Waals surface area contributed by atoms with E-state index in [0.29, 0.717) is 6.61 Å². The molecule has 0 radical (unpaired) electrons. The lowest BCUT2D eigenvalue weighted by molar-refractivity contribution is 0.143. The molecule has 0 saturated carbocycles. The van der Waals surface area contributed by atoms with Crippen LogP contribution >= 0.6 is 0 Å². The SMILES string of the molecule is CCOCCCCCCCCO. The number of unbranched alkanes of at least 4 members (excludes halogenated alkanes) is 5. The van der Waals surface area contributed by atoms with E-state index in [2.05, 4.69) is 0 Å². The summed E-state index contributed by atoms with van der Waals surface area (Å²) in [5.41, 5.74) is 0. The molecule has 0 aromatic carbocycles. The molecular formula is C10H22O2. The van der Waals surface area contributed by atoms with Gasteiger partial charge in [-0.25, -0.2) is 0 Å². The normalized spacial score (nSPS) is 10.5. The minimum absolute atomic E-state index is 0.346. The molecule has 0 saturated heterocycles. The average molecular weight is 174 g/mol. The van der Waals surface area contributed by atoms with Gasteiger partial charge in [0.1, 0.15) is 0 Å². The first kappa shape index (κ1) is 11.9. The van der Waals surface area contributed by atoms with Crippen molar-refractivity contribution in [2.24, 2.45) is 0 Å². The Morgan fingerprint density at radius 3 is 2.08 bits per heavy atom. The third-order valence-electron chi connectivity index (χ3n) is 1.90. The molecule has 0 fully saturated rings. The summed E-state index contributed by atoms with van der Waals surface area (Å²) >= 11 is 0. The Morgan fingerprint density at radius 2 is 1.50 bits per heavy atom. The molecule has 0 aromatic rings. The summed E-state index contributed by atoms with van der Waals surface area (Å²) in [5.74, 6) is 0. The van der Waals surface area contributed by atoms with Crippen LogP contribution in [0.2, 0.25) is 0 Å². The quantitative estimate of drug-likeness (QED) is 0.544. The molecule has 0 aliphatic heterocycles. The van der Waals surface area contributed by atoms with Crippen LogP contribution in [0.5, 0.6) is 0 Å². The first-order chi connectivity index (χ1) is 5.91. The van der Waals surface area contributed by atoms with Crippen LogP contribution in [-0.4, -0.2) is 24.9 Å². The Hall–Kier alpha value is -0.0800. The van der Waals surface area contributed by atoms with Crippen molar-refractivity contribution >= 4 is 0 Å². The third kappa shape index (κ3) is 9.92. The molecule has 0 spiro atoms. The maximum atomic E-state index is 8.52. The topological polar surface area (TPSA) is 29.5 Å². The van der Waals surface area contributed by atoms with Gasteiger partial charge in [-0.3, -0.25) is 0 Å². The van der Waals surface area contributed by atoms with E-state index in [1.54, 1.807) is 0 Å². The highest BCUT2D eigenvalue weighted by Crippen LogP contribution is 2.04. The van der Waals surface area contributed by atoms with E-state index in [0.717, 1.165) is 19.6 Å². The fourth-order valence-corrected chi connectivity index (χ4v) is 1.17. The van der Waals surface area contributed by atoms with Crippen molar-refractivity contribution in [3.63, 3.8) is 0 Å². The summed E-state index contributed by atoms with van der Waals surface area (Å²) in [6, 6.07) is 0. The average Bonchev–Trinajstić information content (AvgIpc) is 2.10. The highest BCUT2D eigenvalue weighted by molar-refractivity contribution is 4.44. The van der Waals surface area contributed by atoms with Crippen LogP contribution in [0.3, 0.4) is 0 Å². The Morgan fingerprint density at radius 1 is 0.917 bits per heavy atom. The van der Waals surface area contributed by atoms with E-state index in [1.807, 2.05) is 6.92 Å². The molecule has 0 atom stereocenters. The van der Waals surface area contributed by atoms with E-state index < -0.39 is 0 Å². The Kier molecular flexibility index (Phi) is 10.8. The molecule has 0 heterocycles. The maximum Gasteiger partial charge on any atom is 0.0465 e. The van der Waals surface area contributed by atoms with Gasteiger partial charge in [0.15, 0.2) is 0 Å². The van der Waals surface area contributed by atoms with Crippen LogP contribution in [0.15, 0.2) is 0 Å². The van der Waals surface area contributed by atoms with E-state index in [4.69, 9.17) is 9.84 Å². The lowest BCUT2D eigenvalue weighted by Gasteiger charge is -2.01. The molecule has 0 amide bonds. The fourth-order valence-electron chi connectivity index (χ4n) is 1.17. The largest absolute Gasteiger partial charge is 0.396 e. The van der Waals surface area contributed by atoms with E-state index >= 15 is 0 Å². The van der Waals surface area contributed by atoms with Crippen LogP contribution in [0.4, 0.5) is 0 Å². The first-order valence-electron chi connectivity index (χ1n) is 5.10. The van der Waals surface area contributed by atoms with Crippen LogP contribution in [0, 0.1) is 0 Å². The van der Waals surface area contributed by atoms with Crippen LogP contribution in [-0.2, 0) is 4.74 Å². The molecule has 0 bridgehead atoms. The zero-order chi connectivity index (χ0) is 9.07. The molecular weight excluding hydrogens is 152 g/mol. The van der Waals surface area contributed by atoms with Gasteiger partial charge in [0.2, 0.25) is 0 Å². The Labute approximate surface area is 75.9 Å². The Bertz CT molecular complexity index is 64.2. The second kappa shape index (κ2) is 10.9. The molecule has 0 unspecified atom stereocenters. The van der Waals surface area contributed by atoms with Crippen LogP contribution in [0.1, 0.15) is 45.4 Å². The fraction of sp³-hybridized carbons (Fsp3) is 1.00. The molecule has 0 aromatic heterocycles. The highest BCUT2D eigenvalue weighted by Gasteiger charge is 1.90. The van der Waals surface area contributed by atoms with E-state index in [-0.39, 0.29) is 0 Å². The number of aliphatic hydroxyl groups excluding tert-OH is 1. The molecule has 1 N–H and O–H groups in total. The molecule has 0 aliphatic rings. The summed E-state index contributed by atoms with van der Waals surface area (Å²) in [6.07, 6.45) is 7.13. The van der Waals surface area contributed by atoms with Crippen molar-refractivity contribution in [2.45, 2.75) is 45.4 Å². The highest BCUT2D eigenvalue weighted by atomic mass is 16.5. The first-order valence-corrected chi connectivity index (χ1v) is 5.10. The van der Waals surface area contributed by atoms with Crippen LogP contribution in [0.25, 0.3) is 0 Å². The van der Waals surface area contributed by atoms with Gasteiger partial charge in [0.05, 0.1) is 0 Å². The number of aliphatic hydroxyl groups is 1. The summed E-state index contributed by atoms with van der Waals surface area (Å²) in [5, 5.41) is 8.52. The molecule has 0 aliphatic carbocycles. The van der Waals surface area contributed by atoms with Crippen molar-refractivity contribution in [1.29, 1.82) is 0 Å². The summed E-state index contributed by atoms with van der Waals surface area (Å²) in [4.78, 5) is 0. The minimum atomic E-state index is 0.346. The van der Waals surface area contributed by atoms with Gasteiger partial charge in [-0.1, -0.05) is 25.7 Å². The van der Waals surface area contributed by atoms with Gasteiger partial charge in [-0.05, 0) is 19.8 Å². The second-order valence-corrected chi connectivity index (χ2v) is 3.04. The predicted molar refractivity (Wildman–Crippen MR) is 51.3 cm³/mol. The lowest BCUT2D eigenvalue weighted by Crippen LogP contribution is -1.93. The molecule has 2 heteroatoms. The summed E-state index contributed by atoms with van der Waals surface area (Å²) < 4.78 is 5.22. The summed E-state index contributed by atoms with van der Waals surface area (Å²) in [7, 11) is 0. The third-order valence-corrected chi connectivity index (χ3v) is 1.90. The number of rotatable bonds is 9. The van der Waals surface area contributed by atoms with E-state index in [9.17, 15) is 0 Å². The van der Waals surface area contributed by atoms with Gasteiger partial charge in [0, 0.05) is 19.8 Å². The smallest absolute Gasteiger partial charge is 0.0465 e. The molecule has 2 nitrogen and oxygen atoms in total. The minimum Gasteiger partial charge on any atom is -0.396 e. The van der Waals surface area contributed by atoms with Gasteiger partial charge in [-0.2, -0.15) is 0 Å². The standard InChI is InChI=1S/C10H22O2/c1-2-12-10-8-6-4-3-5-7-9-11/h11H,2-10H2,1H3. The second-order valence-electron chi connectivity index (χ2n) is 3.04. The van der Waals surface area contributed by atoms with Crippen molar-refractivity contribution in [1.82, 2.24) is 0 Å². The zero-order valence-electron chi connectivity index (χ0n) is 8.22. The number of hydrogen-bond acceptors (Lipinski definition) is 2. The lowest BCUT2D eigenvalue weighted by atomic mass is 10.1. The van der Waals surface area contributed by atoms with Crippen molar-refractivity contribution in [3.8, 4) is 0 Å². The monoisotopic (exact) mass is 174 g/mol. The summed E-state index contributed by atoms with van der Waals surface area (Å²) in [6.45, 7) is 4.13. The van der Waals surface area contributed by atoms with Gasteiger partial charge in [-0.15, -0.1) is 0 Å². The van der Waals surface area contributed by atoms with Gasteiger partial charge >= 0.3 is 0 Å². The van der Waals surface area contributed by atoms with Gasteiger partial charge in [0.25, 0.3) is 0 Å². The molecule has 12 heavy (non-hydrogen) atoms. The van der Waals surface area contributed by atoms with E-state index in [1.165, 1.54) is 32.1 Å². The van der Waals surface area contributed by atoms with Crippen molar-refractivity contribution < 1.29 is 9.84 Å². The predicted octanol–water partition coefficient (Wildman–Crippen LogP) is 2.36. The number of hydrogen-bond donors (Lipinski definition) is 1. The molecule has 0 rings (SSSR count). The zero-order valence-corrected chi connectivity index (χ0v) is 8.22. The van der Waals surface area contributed by atoms with Crippen molar-refractivity contribution in [2.75, 3.05) is 19.8 Å². The number of ether oxygens (including phenoxy) is 1. The van der Waals surface area contributed by atoms with Crippen LogP contribution < -0.4 is 0 Å².